The number of nitrogens with zero attached hydrogens (tertiary/aromatic N) is 1. The van der Waals surface area contributed by atoms with Gasteiger partial charge in [0, 0.05) is 12.2 Å². The largest absolute Gasteiger partial charge is 0.416 e. The van der Waals surface area contributed by atoms with Crippen LogP contribution in [0, 0.1) is 0 Å². The molecule has 150 valence electrons. The summed E-state index contributed by atoms with van der Waals surface area (Å²) in [7, 11) is 0. The van der Waals surface area contributed by atoms with E-state index in [2.05, 4.69) is 36.8 Å². The number of hydrogen-bond donors (Lipinski definition) is 0. The zero-order chi connectivity index (χ0) is 21.0. The molecular formula is C25H24F3N. The summed E-state index contributed by atoms with van der Waals surface area (Å²) in [4.78, 5) is 2.21. The lowest BCUT2D eigenvalue weighted by Crippen LogP contribution is -2.32. The highest BCUT2D eigenvalue weighted by Gasteiger charge is 2.33. The summed E-state index contributed by atoms with van der Waals surface area (Å²) in [5.74, 6) is 0. The Morgan fingerprint density at radius 3 is 2.17 bits per heavy atom. The molecule has 0 saturated heterocycles. The monoisotopic (exact) mass is 395 g/mol. The minimum absolute atomic E-state index is 0.0348. The first-order chi connectivity index (χ1) is 13.9. The molecule has 2 aromatic rings. The van der Waals surface area contributed by atoms with Crippen molar-refractivity contribution in [1.29, 1.82) is 0 Å². The maximum Gasteiger partial charge on any atom is 0.416 e. The number of halogens is 3. The first-order valence-electron chi connectivity index (χ1n) is 9.51. The summed E-state index contributed by atoms with van der Waals surface area (Å²) in [5, 5.41) is 0. The lowest BCUT2D eigenvalue weighted by molar-refractivity contribution is -0.137. The van der Waals surface area contributed by atoms with Gasteiger partial charge >= 0.3 is 6.18 Å². The third kappa shape index (κ3) is 4.07. The van der Waals surface area contributed by atoms with Crippen LogP contribution in [0.15, 0.2) is 86.5 Å². The standard InChI is InChI=1S/C25H24F3N/c1-4-9-22-20-11-7-8-12-21(20)23(10-5-2)29(17-6-3)24(22)18-13-15-19(16-14-18)25(26,27)28/h4-8,11-16,23H,1-3,9-10,17H2. The van der Waals surface area contributed by atoms with E-state index in [9.17, 15) is 13.2 Å². The van der Waals surface area contributed by atoms with Gasteiger partial charge in [-0.2, -0.15) is 13.2 Å². The van der Waals surface area contributed by atoms with Gasteiger partial charge in [-0.1, -0.05) is 54.6 Å². The van der Waals surface area contributed by atoms with Crippen LogP contribution in [0.2, 0.25) is 0 Å². The molecule has 4 heteroatoms. The van der Waals surface area contributed by atoms with E-state index in [0.29, 0.717) is 13.0 Å². The third-order valence-electron chi connectivity index (χ3n) is 5.14. The maximum atomic E-state index is 13.1. The smallest absolute Gasteiger partial charge is 0.360 e. The van der Waals surface area contributed by atoms with Crippen LogP contribution in [0.1, 0.15) is 41.1 Å². The van der Waals surface area contributed by atoms with E-state index in [4.69, 9.17) is 0 Å². The van der Waals surface area contributed by atoms with Crippen molar-refractivity contribution in [2.75, 3.05) is 6.54 Å². The van der Waals surface area contributed by atoms with Gasteiger partial charge in [-0.3, -0.25) is 0 Å². The van der Waals surface area contributed by atoms with Crippen molar-refractivity contribution in [3.63, 3.8) is 0 Å². The molecule has 0 saturated carbocycles. The molecule has 1 aliphatic heterocycles. The molecule has 0 N–H and O–H groups in total. The predicted molar refractivity (Wildman–Crippen MR) is 114 cm³/mol. The van der Waals surface area contributed by atoms with Crippen LogP contribution in [0.4, 0.5) is 13.2 Å². The first kappa shape index (κ1) is 20.7. The number of benzene rings is 2. The van der Waals surface area contributed by atoms with Gasteiger partial charge in [-0.05, 0) is 47.2 Å². The average Bonchev–Trinajstić information content (AvgIpc) is 2.70. The number of hydrogen-bond acceptors (Lipinski definition) is 1. The molecule has 1 aliphatic rings. The Bertz CT molecular complexity index is 935. The highest BCUT2D eigenvalue weighted by Crippen LogP contribution is 2.46. The SMILES string of the molecule is C=CCC1=C(c2ccc(C(F)(F)F)cc2)N(CC=C)C(CC=C)c2ccccc21. The van der Waals surface area contributed by atoms with Gasteiger partial charge in [0.05, 0.1) is 11.6 Å². The van der Waals surface area contributed by atoms with Crippen molar-refractivity contribution in [2.45, 2.75) is 25.1 Å². The van der Waals surface area contributed by atoms with Crippen LogP contribution in [-0.4, -0.2) is 11.4 Å². The molecule has 29 heavy (non-hydrogen) atoms. The summed E-state index contributed by atoms with van der Waals surface area (Å²) >= 11 is 0. The Morgan fingerprint density at radius 1 is 0.897 bits per heavy atom. The summed E-state index contributed by atoms with van der Waals surface area (Å²) in [6.45, 7) is 12.3. The van der Waals surface area contributed by atoms with Crippen molar-refractivity contribution in [1.82, 2.24) is 4.90 Å². The van der Waals surface area contributed by atoms with Crippen LogP contribution >= 0.6 is 0 Å². The van der Waals surface area contributed by atoms with E-state index in [-0.39, 0.29) is 6.04 Å². The van der Waals surface area contributed by atoms with Gasteiger partial charge < -0.3 is 4.90 Å². The molecule has 1 unspecified atom stereocenters. The third-order valence-corrected chi connectivity index (χ3v) is 5.14. The summed E-state index contributed by atoms with van der Waals surface area (Å²) in [6.07, 6.45) is 2.50. The van der Waals surface area contributed by atoms with E-state index in [1.165, 1.54) is 5.56 Å². The summed E-state index contributed by atoms with van der Waals surface area (Å²) in [5.41, 5.74) is 4.36. The topological polar surface area (TPSA) is 3.24 Å². The first-order valence-corrected chi connectivity index (χ1v) is 9.51. The molecule has 0 bridgehead atoms. The van der Waals surface area contributed by atoms with E-state index < -0.39 is 11.7 Å². The zero-order valence-electron chi connectivity index (χ0n) is 16.3. The number of fused-ring (bicyclic) bond motifs is 1. The van der Waals surface area contributed by atoms with Gasteiger partial charge in [-0.25, -0.2) is 0 Å². The Morgan fingerprint density at radius 2 is 1.59 bits per heavy atom. The van der Waals surface area contributed by atoms with Crippen molar-refractivity contribution in [3.05, 3.63) is 109 Å². The maximum absolute atomic E-state index is 13.1. The van der Waals surface area contributed by atoms with Crippen LogP contribution in [0.3, 0.4) is 0 Å². The van der Waals surface area contributed by atoms with Gasteiger partial charge in [-0.15, -0.1) is 19.7 Å². The predicted octanol–water partition coefficient (Wildman–Crippen LogP) is 7.27. The molecule has 1 heterocycles. The molecule has 0 spiro atoms. The quantitative estimate of drug-likeness (QED) is 0.446. The van der Waals surface area contributed by atoms with E-state index in [0.717, 1.165) is 41.0 Å². The van der Waals surface area contributed by atoms with Crippen molar-refractivity contribution < 1.29 is 13.2 Å². The molecular weight excluding hydrogens is 371 g/mol. The van der Waals surface area contributed by atoms with Gasteiger partial charge in [0.1, 0.15) is 0 Å². The van der Waals surface area contributed by atoms with Crippen LogP contribution < -0.4 is 0 Å². The van der Waals surface area contributed by atoms with Crippen LogP contribution in [-0.2, 0) is 6.18 Å². The van der Waals surface area contributed by atoms with Crippen LogP contribution in [0.5, 0.6) is 0 Å². The van der Waals surface area contributed by atoms with E-state index in [1.807, 2.05) is 30.4 Å². The highest BCUT2D eigenvalue weighted by atomic mass is 19.4. The minimum atomic E-state index is -4.36. The second-order valence-electron chi connectivity index (χ2n) is 6.96. The fourth-order valence-electron chi connectivity index (χ4n) is 3.96. The van der Waals surface area contributed by atoms with Gasteiger partial charge in [0.25, 0.3) is 0 Å². The summed E-state index contributed by atoms with van der Waals surface area (Å²) in [6, 6.07) is 13.6. The molecule has 0 aromatic heterocycles. The Balaban J connectivity index is 2.26. The number of rotatable bonds is 7. The molecule has 0 radical (unpaired) electrons. The van der Waals surface area contributed by atoms with Crippen molar-refractivity contribution in [2.24, 2.45) is 0 Å². The average molecular weight is 395 g/mol. The lowest BCUT2D eigenvalue weighted by atomic mass is 9.83. The molecule has 1 atom stereocenters. The number of alkyl halides is 3. The molecule has 0 fully saturated rings. The molecule has 1 nitrogen and oxygen atoms in total. The second kappa shape index (κ2) is 8.56. The fourth-order valence-corrected chi connectivity index (χ4v) is 3.96. The molecule has 0 amide bonds. The second-order valence-corrected chi connectivity index (χ2v) is 6.96. The normalized spacial score (nSPS) is 16.4. The van der Waals surface area contributed by atoms with Crippen LogP contribution in [0.25, 0.3) is 11.3 Å². The minimum Gasteiger partial charge on any atom is -0.360 e. The fraction of sp³-hybridized carbons (Fsp3) is 0.200. The summed E-state index contributed by atoms with van der Waals surface area (Å²) < 4.78 is 39.2. The van der Waals surface area contributed by atoms with Crippen molar-refractivity contribution in [3.8, 4) is 0 Å². The Hall–Kier alpha value is -3.01. The van der Waals surface area contributed by atoms with E-state index in [1.54, 1.807) is 12.1 Å². The van der Waals surface area contributed by atoms with Gasteiger partial charge in [0.15, 0.2) is 0 Å². The van der Waals surface area contributed by atoms with E-state index >= 15 is 0 Å². The lowest BCUT2D eigenvalue weighted by Gasteiger charge is -2.41. The molecule has 2 aromatic carbocycles. The highest BCUT2D eigenvalue weighted by molar-refractivity contribution is 5.93. The zero-order valence-corrected chi connectivity index (χ0v) is 16.3. The number of allylic oxidation sites excluding steroid dienone is 2. The molecule has 3 rings (SSSR count). The molecule has 0 aliphatic carbocycles. The van der Waals surface area contributed by atoms with Gasteiger partial charge in [0.2, 0.25) is 0 Å². The Labute approximate surface area is 170 Å². The Kier molecular flexibility index (Phi) is 6.12. The van der Waals surface area contributed by atoms with Crippen molar-refractivity contribution >= 4 is 11.3 Å².